The molecule has 2 heterocycles. The van der Waals surface area contributed by atoms with E-state index < -0.39 is 10.0 Å². The number of hydrogen-bond donors (Lipinski definition) is 0. The number of furan rings is 1. The molecular weight excluding hydrogens is 328 g/mol. The number of nitrogens with zero attached hydrogens (tertiary/aromatic N) is 2. The molecule has 1 fully saturated rings. The number of sulfonamides is 1. The highest BCUT2D eigenvalue weighted by molar-refractivity contribution is 7.88. The maximum absolute atomic E-state index is 12.8. The molecule has 1 aromatic heterocycles. The highest BCUT2D eigenvalue weighted by Gasteiger charge is 2.31. The normalized spacial score (nSPS) is 16.9. The number of para-hydroxylation sites is 1. The molecule has 6 nitrogen and oxygen atoms in total. The van der Waals surface area contributed by atoms with Crippen LogP contribution in [0.15, 0.2) is 28.7 Å². The fourth-order valence-electron chi connectivity index (χ4n) is 3.23. The molecule has 24 heavy (non-hydrogen) atoms. The van der Waals surface area contributed by atoms with Gasteiger partial charge in [-0.25, -0.2) is 12.7 Å². The van der Waals surface area contributed by atoms with E-state index in [0.717, 1.165) is 10.9 Å². The van der Waals surface area contributed by atoms with Crippen LogP contribution in [0, 0.1) is 6.92 Å². The standard InChI is InChI=1S/C17H22N2O4S/c1-12-14-6-4-5-7-15(14)23-16(12)17(20)19-10-8-13(9-11-19)18(2)24(3,21)22/h4-7,13H,8-11H2,1-3H3. The SMILES string of the molecule is Cc1c(C(=O)N2CCC(N(C)S(C)(=O)=O)CC2)oc2ccccc12. The van der Waals surface area contributed by atoms with Gasteiger partial charge in [-0.3, -0.25) is 4.79 Å². The lowest BCUT2D eigenvalue weighted by Gasteiger charge is -2.35. The van der Waals surface area contributed by atoms with Crippen molar-refractivity contribution in [2.75, 3.05) is 26.4 Å². The lowest BCUT2D eigenvalue weighted by atomic mass is 10.0. The molecule has 1 amide bonds. The van der Waals surface area contributed by atoms with Crippen molar-refractivity contribution in [2.24, 2.45) is 0 Å². The molecule has 0 aliphatic carbocycles. The van der Waals surface area contributed by atoms with Crippen molar-refractivity contribution in [1.82, 2.24) is 9.21 Å². The highest BCUT2D eigenvalue weighted by atomic mass is 32.2. The van der Waals surface area contributed by atoms with Gasteiger partial charge >= 0.3 is 0 Å². The summed E-state index contributed by atoms with van der Waals surface area (Å²) in [6, 6.07) is 7.54. The van der Waals surface area contributed by atoms with Crippen LogP contribution in [0.3, 0.4) is 0 Å². The van der Waals surface area contributed by atoms with Gasteiger partial charge in [-0.05, 0) is 25.8 Å². The Hall–Kier alpha value is -1.86. The van der Waals surface area contributed by atoms with Crippen molar-refractivity contribution < 1.29 is 17.6 Å². The van der Waals surface area contributed by atoms with Crippen LogP contribution < -0.4 is 0 Å². The minimum absolute atomic E-state index is 0.0548. The molecule has 1 saturated heterocycles. The number of carbonyl (C=O) groups is 1. The molecule has 0 atom stereocenters. The van der Waals surface area contributed by atoms with Crippen LogP contribution in [-0.2, 0) is 10.0 Å². The Bertz CT molecular complexity index is 864. The molecule has 1 aliphatic rings. The first-order valence-corrected chi connectivity index (χ1v) is 9.84. The zero-order valence-corrected chi connectivity index (χ0v) is 15.0. The number of likely N-dealkylation sites (tertiary alicyclic amines) is 1. The summed E-state index contributed by atoms with van der Waals surface area (Å²) in [6.45, 7) is 2.95. The van der Waals surface area contributed by atoms with Gasteiger partial charge in [0.05, 0.1) is 6.26 Å². The summed E-state index contributed by atoms with van der Waals surface area (Å²) in [7, 11) is -1.61. The predicted molar refractivity (Wildman–Crippen MR) is 92.5 cm³/mol. The van der Waals surface area contributed by atoms with Crippen LogP contribution in [0.5, 0.6) is 0 Å². The van der Waals surface area contributed by atoms with Crippen molar-refractivity contribution in [1.29, 1.82) is 0 Å². The van der Waals surface area contributed by atoms with Gasteiger partial charge in [0, 0.05) is 37.1 Å². The van der Waals surface area contributed by atoms with Gasteiger partial charge in [0.2, 0.25) is 10.0 Å². The fourth-order valence-corrected chi connectivity index (χ4v) is 3.98. The van der Waals surface area contributed by atoms with Crippen LogP contribution in [0.1, 0.15) is 29.0 Å². The Balaban J connectivity index is 1.74. The topological polar surface area (TPSA) is 70.8 Å². The van der Waals surface area contributed by atoms with Gasteiger partial charge < -0.3 is 9.32 Å². The van der Waals surface area contributed by atoms with Crippen LogP contribution >= 0.6 is 0 Å². The van der Waals surface area contributed by atoms with Crippen molar-refractivity contribution in [3.05, 3.63) is 35.6 Å². The number of aryl methyl sites for hydroxylation is 1. The minimum atomic E-state index is -3.21. The Morgan fingerprint density at radius 2 is 1.88 bits per heavy atom. The number of carbonyl (C=O) groups excluding carboxylic acids is 1. The summed E-state index contributed by atoms with van der Waals surface area (Å²) in [5.74, 6) is 0.260. The van der Waals surface area contributed by atoms with E-state index in [4.69, 9.17) is 4.42 Å². The van der Waals surface area contributed by atoms with Crippen molar-refractivity contribution in [2.45, 2.75) is 25.8 Å². The zero-order chi connectivity index (χ0) is 17.5. The molecule has 130 valence electrons. The number of benzene rings is 1. The second-order valence-electron chi connectivity index (χ2n) is 6.35. The third-order valence-electron chi connectivity index (χ3n) is 4.83. The fraction of sp³-hybridized carbons (Fsp3) is 0.471. The first-order valence-electron chi connectivity index (χ1n) is 7.99. The van der Waals surface area contributed by atoms with E-state index in [1.54, 1.807) is 11.9 Å². The van der Waals surface area contributed by atoms with E-state index in [0.29, 0.717) is 37.3 Å². The monoisotopic (exact) mass is 350 g/mol. The summed E-state index contributed by atoms with van der Waals surface area (Å²) >= 11 is 0. The summed E-state index contributed by atoms with van der Waals surface area (Å²) < 4.78 is 30.4. The number of amides is 1. The summed E-state index contributed by atoms with van der Waals surface area (Å²) in [4.78, 5) is 14.5. The highest BCUT2D eigenvalue weighted by Crippen LogP contribution is 2.27. The average Bonchev–Trinajstić information content (AvgIpc) is 2.90. The minimum Gasteiger partial charge on any atom is -0.451 e. The predicted octanol–water partition coefficient (Wildman–Crippen LogP) is 2.24. The summed E-state index contributed by atoms with van der Waals surface area (Å²) in [5.41, 5.74) is 1.57. The number of fused-ring (bicyclic) bond motifs is 1. The lowest BCUT2D eigenvalue weighted by Crippen LogP contribution is -2.47. The van der Waals surface area contributed by atoms with E-state index in [-0.39, 0.29) is 11.9 Å². The zero-order valence-electron chi connectivity index (χ0n) is 14.2. The van der Waals surface area contributed by atoms with Gasteiger partial charge in [0.15, 0.2) is 5.76 Å². The maximum Gasteiger partial charge on any atom is 0.289 e. The van der Waals surface area contributed by atoms with Gasteiger partial charge in [-0.1, -0.05) is 18.2 Å². The molecular formula is C17H22N2O4S. The van der Waals surface area contributed by atoms with Gasteiger partial charge in [-0.15, -0.1) is 0 Å². The molecule has 0 spiro atoms. The Morgan fingerprint density at radius 3 is 2.46 bits per heavy atom. The van der Waals surface area contributed by atoms with Gasteiger partial charge in [0.25, 0.3) is 5.91 Å². The number of hydrogen-bond acceptors (Lipinski definition) is 4. The first-order chi connectivity index (χ1) is 11.3. The molecule has 3 rings (SSSR count). The molecule has 0 N–H and O–H groups in total. The molecule has 0 radical (unpaired) electrons. The van der Waals surface area contributed by atoms with E-state index in [2.05, 4.69) is 0 Å². The van der Waals surface area contributed by atoms with Gasteiger partial charge in [0.1, 0.15) is 5.58 Å². The Kier molecular flexibility index (Phi) is 4.40. The number of rotatable bonds is 3. The quantitative estimate of drug-likeness (QED) is 0.851. The smallest absolute Gasteiger partial charge is 0.289 e. The molecule has 0 saturated carbocycles. The molecule has 7 heteroatoms. The van der Waals surface area contributed by atoms with Crippen LogP contribution in [0.2, 0.25) is 0 Å². The van der Waals surface area contributed by atoms with Crippen LogP contribution in [0.25, 0.3) is 11.0 Å². The first kappa shape index (κ1) is 17.0. The van der Waals surface area contributed by atoms with Crippen molar-refractivity contribution in [3.8, 4) is 0 Å². The molecule has 1 aliphatic heterocycles. The average molecular weight is 350 g/mol. The van der Waals surface area contributed by atoms with Crippen LogP contribution in [0.4, 0.5) is 0 Å². The second-order valence-corrected chi connectivity index (χ2v) is 8.40. The Morgan fingerprint density at radius 1 is 1.25 bits per heavy atom. The third-order valence-corrected chi connectivity index (χ3v) is 6.17. The van der Waals surface area contributed by atoms with E-state index >= 15 is 0 Å². The van der Waals surface area contributed by atoms with E-state index in [9.17, 15) is 13.2 Å². The van der Waals surface area contributed by atoms with Crippen molar-refractivity contribution in [3.63, 3.8) is 0 Å². The molecule has 0 unspecified atom stereocenters. The molecule has 1 aromatic carbocycles. The lowest BCUT2D eigenvalue weighted by molar-refractivity contribution is 0.0656. The Labute approximate surface area is 142 Å². The molecule has 0 bridgehead atoms. The molecule has 2 aromatic rings. The van der Waals surface area contributed by atoms with Crippen LogP contribution in [-0.4, -0.2) is 56.0 Å². The summed E-state index contributed by atoms with van der Waals surface area (Å²) in [5, 5.41) is 0.951. The van der Waals surface area contributed by atoms with E-state index in [1.165, 1.54) is 10.6 Å². The third kappa shape index (κ3) is 3.06. The number of piperidine rings is 1. The largest absolute Gasteiger partial charge is 0.451 e. The van der Waals surface area contributed by atoms with E-state index in [1.807, 2.05) is 31.2 Å². The maximum atomic E-state index is 12.8. The second kappa shape index (κ2) is 6.22. The van der Waals surface area contributed by atoms with Gasteiger partial charge in [-0.2, -0.15) is 0 Å². The summed E-state index contributed by atoms with van der Waals surface area (Å²) in [6.07, 6.45) is 2.48. The van der Waals surface area contributed by atoms with Crippen molar-refractivity contribution >= 4 is 26.9 Å².